The van der Waals surface area contributed by atoms with E-state index in [4.69, 9.17) is 18.5 Å². The Hall–Kier alpha value is -1.25. The molecule has 0 amide bonds. The second kappa shape index (κ2) is 33.6. The van der Waals surface area contributed by atoms with E-state index in [2.05, 4.69) is 19.9 Å². The van der Waals surface area contributed by atoms with Crippen molar-refractivity contribution in [3.8, 4) is 0 Å². The van der Waals surface area contributed by atoms with Crippen LogP contribution in [0.15, 0.2) is 12.2 Å². The summed E-state index contributed by atoms with van der Waals surface area (Å²) in [6.45, 7) is 4.18. The number of quaternary nitrogens is 1. The van der Waals surface area contributed by atoms with Crippen LogP contribution in [0.1, 0.15) is 181 Å². The number of phosphoric acid groups is 1. The summed E-state index contributed by atoms with van der Waals surface area (Å²) >= 11 is 0. The van der Waals surface area contributed by atoms with Gasteiger partial charge in [-0.1, -0.05) is 154 Å². The second-order valence-electron chi connectivity index (χ2n) is 15.0. The number of carbonyl (C=O) groups is 2. The van der Waals surface area contributed by atoms with Crippen LogP contribution in [0.25, 0.3) is 0 Å². The lowest BCUT2D eigenvalue weighted by atomic mass is 10.1. The van der Waals surface area contributed by atoms with Crippen molar-refractivity contribution in [1.82, 2.24) is 0 Å². The fourth-order valence-electron chi connectivity index (χ4n) is 5.55. The highest BCUT2D eigenvalue weighted by Gasteiger charge is 2.21. The highest BCUT2D eigenvalue weighted by molar-refractivity contribution is 7.45. The number of nitrogens with zero attached hydrogens (tertiary/aromatic N) is 1. The Kier molecular flexibility index (Phi) is 32.7. The molecule has 0 aromatic carbocycles. The third-order valence-electron chi connectivity index (χ3n) is 8.80. The summed E-state index contributed by atoms with van der Waals surface area (Å²) in [5.74, 6) is -0.886. The van der Waals surface area contributed by atoms with E-state index >= 15 is 0 Å². The maximum atomic E-state index is 12.6. The number of rotatable bonds is 37. The topological polar surface area (TPSA) is 111 Å². The number of esters is 2. The summed E-state index contributed by atoms with van der Waals surface area (Å²) in [5.41, 5.74) is 0. The summed E-state index contributed by atoms with van der Waals surface area (Å²) in [5, 5.41) is 0. The molecular weight excluding hydrogens is 653 g/mol. The number of phosphoric ester groups is 1. The van der Waals surface area contributed by atoms with E-state index in [1.807, 2.05) is 27.2 Å². The van der Waals surface area contributed by atoms with Crippen molar-refractivity contribution in [2.24, 2.45) is 0 Å². The SMILES string of the molecule is CCCCCCCCCCCCC/C=C/CCC(=O)OC[C@H](COP(=O)([O-])OCC[N+](C)(C)C)OC(=O)CCCCCCCCCCCCC. The van der Waals surface area contributed by atoms with E-state index in [1.54, 1.807) is 0 Å². The molecule has 0 spiro atoms. The molecule has 50 heavy (non-hydrogen) atoms. The highest BCUT2D eigenvalue weighted by atomic mass is 31.2. The summed E-state index contributed by atoms with van der Waals surface area (Å²) in [7, 11) is 1.16. The van der Waals surface area contributed by atoms with Crippen molar-refractivity contribution >= 4 is 19.8 Å². The minimum atomic E-state index is -4.62. The molecule has 0 N–H and O–H groups in total. The van der Waals surface area contributed by atoms with Gasteiger partial charge in [0.15, 0.2) is 6.10 Å². The molecule has 0 saturated heterocycles. The quantitative estimate of drug-likeness (QED) is 0.0204. The molecule has 0 rings (SSSR count). The number of allylic oxidation sites excluding steroid dienone is 2. The molecular formula is C40H78NO8P. The summed E-state index contributed by atoms with van der Waals surface area (Å²) < 4.78 is 33.7. The number of hydrogen-bond acceptors (Lipinski definition) is 8. The van der Waals surface area contributed by atoms with Crippen LogP contribution >= 0.6 is 7.82 Å². The van der Waals surface area contributed by atoms with Crippen LogP contribution in [0.3, 0.4) is 0 Å². The van der Waals surface area contributed by atoms with Gasteiger partial charge in [0.05, 0.1) is 27.7 Å². The van der Waals surface area contributed by atoms with E-state index in [-0.39, 0.29) is 26.1 Å². The summed E-state index contributed by atoms with van der Waals surface area (Å²) in [6.07, 6.45) is 32.5. The molecule has 1 unspecified atom stereocenters. The lowest BCUT2D eigenvalue weighted by molar-refractivity contribution is -0.870. The Morgan fingerprint density at radius 2 is 1.06 bits per heavy atom. The molecule has 10 heteroatoms. The van der Waals surface area contributed by atoms with Crippen molar-refractivity contribution in [3.63, 3.8) is 0 Å². The maximum absolute atomic E-state index is 12.6. The Bertz CT molecular complexity index is 876. The first-order valence-electron chi connectivity index (χ1n) is 20.4. The van der Waals surface area contributed by atoms with E-state index in [9.17, 15) is 19.0 Å². The predicted molar refractivity (Wildman–Crippen MR) is 204 cm³/mol. The maximum Gasteiger partial charge on any atom is 0.306 e. The van der Waals surface area contributed by atoms with Crippen molar-refractivity contribution in [3.05, 3.63) is 12.2 Å². The first kappa shape index (κ1) is 48.8. The molecule has 0 saturated carbocycles. The van der Waals surface area contributed by atoms with Crippen LogP contribution in [0.4, 0.5) is 0 Å². The van der Waals surface area contributed by atoms with Gasteiger partial charge in [0.1, 0.15) is 19.8 Å². The van der Waals surface area contributed by atoms with Crippen LogP contribution in [0.2, 0.25) is 0 Å². The van der Waals surface area contributed by atoms with Gasteiger partial charge in [0.25, 0.3) is 7.82 Å². The minimum absolute atomic E-state index is 0.0324. The lowest BCUT2D eigenvalue weighted by Gasteiger charge is -2.28. The second-order valence-corrected chi connectivity index (χ2v) is 16.4. The van der Waals surface area contributed by atoms with Gasteiger partial charge in [-0.15, -0.1) is 0 Å². The fraction of sp³-hybridized carbons (Fsp3) is 0.900. The zero-order valence-electron chi connectivity index (χ0n) is 33.1. The zero-order chi connectivity index (χ0) is 37.2. The van der Waals surface area contributed by atoms with Gasteiger partial charge in [0.2, 0.25) is 0 Å². The minimum Gasteiger partial charge on any atom is -0.756 e. The molecule has 0 heterocycles. The van der Waals surface area contributed by atoms with E-state index in [0.29, 0.717) is 23.9 Å². The Labute approximate surface area is 307 Å². The van der Waals surface area contributed by atoms with Crippen LogP contribution in [0.5, 0.6) is 0 Å². The molecule has 0 aliphatic heterocycles. The van der Waals surface area contributed by atoms with Crippen molar-refractivity contribution in [1.29, 1.82) is 0 Å². The van der Waals surface area contributed by atoms with Crippen LogP contribution in [-0.2, 0) is 32.7 Å². The molecule has 0 aromatic rings. The van der Waals surface area contributed by atoms with Crippen LogP contribution in [-0.4, -0.2) is 70.0 Å². The van der Waals surface area contributed by atoms with Gasteiger partial charge in [-0.3, -0.25) is 14.2 Å². The average Bonchev–Trinajstić information content (AvgIpc) is 3.06. The largest absolute Gasteiger partial charge is 0.756 e. The molecule has 0 aliphatic carbocycles. The van der Waals surface area contributed by atoms with Gasteiger partial charge in [0, 0.05) is 12.8 Å². The van der Waals surface area contributed by atoms with E-state index in [1.165, 1.54) is 109 Å². The van der Waals surface area contributed by atoms with Crippen molar-refractivity contribution in [2.45, 2.75) is 187 Å². The molecule has 0 bridgehead atoms. The average molecular weight is 732 g/mol. The number of likely N-dealkylation sites (N-methyl/N-ethyl adjacent to an activating group) is 1. The standard InChI is InChI=1S/C40H78NO8P/c1-6-8-10-12-14-16-18-19-20-21-23-24-26-28-30-32-39(42)46-36-38(37-48-50(44,45)47-35-34-41(3,4)5)49-40(43)33-31-29-27-25-22-17-15-13-11-9-7-2/h26,28,38H,6-25,27,29-37H2,1-5H3/b28-26+/t38-/m1/s1. The van der Waals surface area contributed by atoms with Gasteiger partial charge >= 0.3 is 11.9 Å². The number of unbranched alkanes of at least 4 members (excludes halogenated alkanes) is 21. The van der Waals surface area contributed by atoms with E-state index in [0.717, 1.165) is 32.1 Å². The molecule has 0 aliphatic rings. The van der Waals surface area contributed by atoms with Crippen LogP contribution in [0, 0.1) is 0 Å². The zero-order valence-corrected chi connectivity index (χ0v) is 34.0. The van der Waals surface area contributed by atoms with Gasteiger partial charge < -0.3 is 27.9 Å². The highest BCUT2D eigenvalue weighted by Crippen LogP contribution is 2.38. The number of carbonyl (C=O) groups excluding carboxylic acids is 2. The molecule has 0 fully saturated rings. The van der Waals surface area contributed by atoms with E-state index < -0.39 is 32.5 Å². The van der Waals surface area contributed by atoms with Crippen molar-refractivity contribution in [2.75, 3.05) is 47.5 Å². The van der Waals surface area contributed by atoms with Crippen molar-refractivity contribution < 1.29 is 42.1 Å². The Balaban J connectivity index is 4.41. The third-order valence-corrected chi connectivity index (χ3v) is 9.76. The number of hydrogen-bond donors (Lipinski definition) is 0. The Morgan fingerprint density at radius 1 is 0.600 bits per heavy atom. The summed E-state index contributed by atoms with van der Waals surface area (Å²) in [6, 6.07) is 0. The lowest BCUT2D eigenvalue weighted by Crippen LogP contribution is -2.37. The van der Waals surface area contributed by atoms with Gasteiger partial charge in [-0.05, 0) is 25.7 Å². The van der Waals surface area contributed by atoms with Gasteiger partial charge in [-0.25, -0.2) is 0 Å². The molecule has 0 radical (unpaired) electrons. The first-order valence-corrected chi connectivity index (χ1v) is 21.9. The third kappa shape index (κ3) is 36.5. The fourth-order valence-corrected chi connectivity index (χ4v) is 6.28. The first-order chi connectivity index (χ1) is 24.0. The normalized spacial score (nSPS) is 13.8. The molecule has 9 nitrogen and oxygen atoms in total. The monoisotopic (exact) mass is 732 g/mol. The smallest absolute Gasteiger partial charge is 0.306 e. The number of ether oxygens (including phenoxy) is 2. The predicted octanol–water partition coefficient (Wildman–Crippen LogP) is 10.4. The van der Waals surface area contributed by atoms with Gasteiger partial charge in [-0.2, -0.15) is 0 Å². The molecule has 0 aromatic heterocycles. The Morgan fingerprint density at radius 3 is 1.56 bits per heavy atom. The summed E-state index contributed by atoms with van der Waals surface area (Å²) in [4.78, 5) is 37.3. The van der Waals surface area contributed by atoms with Crippen LogP contribution < -0.4 is 4.89 Å². The molecule has 296 valence electrons. The molecule has 2 atom stereocenters.